The lowest BCUT2D eigenvalue weighted by atomic mass is 10.0. The minimum absolute atomic E-state index is 0.583. The molecule has 0 spiro atoms. The lowest BCUT2D eigenvalue weighted by molar-refractivity contribution is -0.138. The molecule has 4 nitrogen and oxygen atoms in total. The molecule has 1 heterocycles. The Labute approximate surface area is 97.4 Å². The molecule has 1 aromatic carbocycles. The number of fused-ring (bicyclic) bond motifs is 1. The number of hydrogen-bond acceptors (Lipinski definition) is 2. The van der Waals surface area contributed by atoms with E-state index in [1.807, 2.05) is 0 Å². The molecule has 0 fully saturated rings. The molecule has 0 saturated carbocycles. The van der Waals surface area contributed by atoms with Crippen LogP contribution >= 0.6 is 11.6 Å². The van der Waals surface area contributed by atoms with Crippen LogP contribution in [0.1, 0.15) is 18.5 Å². The van der Waals surface area contributed by atoms with Gasteiger partial charge in [-0.05, 0) is 25.1 Å². The third-order valence-electron chi connectivity index (χ3n) is 2.62. The summed E-state index contributed by atoms with van der Waals surface area (Å²) in [5, 5.41) is 14.7. The van der Waals surface area contributed by atoms with Crippen molar-refractivity contribution in [2.24, 2.45) is 7.05 Å². The number of carboxylic acids is 1. The van der Waals surface area contributed by atoms with Crippen LogP contribution in [0, 0.1) is 0 Å². The number of rotatable bonds is 2. The van der Waals surface area contributed by atoms with Crippen molar-refractivity contribution in [3.8, 4) is 0 Å². The van der Waals surface area contributed by atoms with E-state index in [2.05, 4.69) is 5.10 Å². The largest absolute Gasteiger partial charge is 0.481 e. The van der Waals surface area contributed by atoms with Crippen molar-refractivity contribution < 1.29 is 9.90 Å². The summed E-state index contributed by atoms with van der Waals surface area (Å²) in [5.41, 5.74) is 1.43. The predicted molar refractivity (Wildman–Crippen MR) is 61.8 cm³/mol. The molecule has 1 N–H and O–H groups in total. The van der Waals surface area contributed by atoms with Crippen molar-refractivity contribution in [2.75, 3.05) is 0 Å². The van der Waals surface area contributed by atoms with Crippen LogP contribution in [0.4, 0.5) is 0 Å². The highest BCUT2D eigenvalue weighted by Gasteiger charge is 2.21. The highest BCUT2D eigenvalue weighted by atomic mass is 35.5. The van der Waals surface area contributed by atoms with Gasteiger partial charge in [-0.25, -0.2) is 0 Å². The van der Waals surface area contributed by atoms with Gasteiger partial charge in [0.25, 0.3) is 0 Å². The Morgan fingerprint density at radius 3 is 2.88 bits per heavy atom. The van der Waals surface area contributed by atoms with E-state index in [0.29, 0.717) is 10.7 Å². The molecule has 0 aliphatic rings. The molecule has 16 heavy (non-hydrogen) atoms. The number of aliphatic carboxylic acids is 1. The van der Waals surface area contributed by atoms with Gasteiger partial charge in [0.1, 0.15) is 0 Å². The predicted octanol–water partition coefficient (Wildman–Crippen LogP) is 2.41. The van der Waals surface area contributed by atoms with Crippen LogP contribution in [0.25, 0.3) is 10.9 Å². The zero-order valence-corrected chi connectivity index (χ0v) is 9.69. The third kappa shape index (κ3) is 1.65. The van der Waals surface area contributed by atoms with Gasteiger partial charge in [-0.2, -0.15) is 5.10 Å². The number of carboxylic acid groups (broad SMARTS) is 1. The van der Waals surface area contributed by atoms with Gasteiger partial charge in [0.05, 0.1) is 17.1 Å². The summed E-state index contributed by atoms with van der Waals surface area (Å²) in [4.78, 5) is 11.0. The standard InChI is InChI=1S/C11H11ClN2O2/c1-6(11(15)16)10-8-5-7(12)3-4-9(8)13-14(10)2/h3-6H,1-2H3,(H,15,16). The zero-order valence-electron chi connectivity index (χ0n) is 8.94. The SMILES string of the molecule is CC(C(=O)O)c1c2cc(Cl)ccc2nn1C. The average Bonchev–Trinajstić information content (AvgIpc) is 2.52. The highest BCUT2D eigenvalue weighted by Crippen LogP contribution is 2.27. The fraction of sp³-hybridized carbons (Fsp3) is 0.273. The van der Waals surface area contributed by atoms with Crippen LogP contribution in [0.3, 0.4) is 0 Å². The second-order valence-corrected chi connectivity index (χ2v) is 4.17. The average molecular weight is 239 g/mol. The van der Waals surface area contributed by atoms with Crippen LogP contribution in [-0.2, 0) is 11.8 Å². The van der Waals surface area contributed by atoms with Crippen LogP contribution in [-0.4, -0.2) is 20.9 Å². The molecule has 1 aromatic heterocycles. The zero-order chi connectivity index (χ0) is 11.9. The molecule has 2 aromatic rings. The maximum atomic E-state index is 11.0. The fourth-order valence-electron chi connectivity index (χ4n) is 1.82. The van der Waals surface area contributed by atoms with Crippen LogP contribution in [0.2, 0.25) is 5.02 Å². The number of halogens is 1. The quantitative estimate of drug-likeness (QED) is 0.874. The smallest absolute Gasteiger partial charge is 0.312 e. The first-order valence-electron chi connectivity index (χ1n) is 4.85. The van der Waals surface area contributed by atoms with E-state index in [4.69, 9.17) is 16.7 Å². The molecule has 0 bridgehead atoms. The molecule has 84 valence electrons. The van der Waals surface area contributed by atoms with E-state index in [1.165, 1.54) is 0 Å². The Hall–Kier alpha value is -1.55. The Morgan fingerprint density at radius 1 is 1.56 bits per heavy atom. The lowest BCUT2D eigenvalue weighted by Gasteiger charge is -2.07. The molecule has 0 radical (unpaired) electrons. The molecular formula is C11H11ClN2O2. The van der Waals surface area contributed by atoms with E-state index in [9.17, 15) is 4.79 Å². The summed E-state index contributed by atoms with van der Waals surface area (Å²) in [6.45, 7) is 1.64. The van der Waals surface area contributed by atoms with E-state index >= 15 is 0 Å². The summed E-state index contributed by atoms with van der Waals surface area (Å²) in [6, 6.07) is 5.28. The third-order valence-corrected chi connectivity index (χ3v) is 2.86. The second kappa shape index (κ2) is 3.79. The van der Waals surface area contributed by atoms with Gasteiger partial charge in [0.15, 0.2) is 0 Å². The first kappa shape index (κ1) is 11.0. The maximum Gasteiger partial charge on any atom is 0.312 e. The molecule has 5 heteroatoms. The van der Waals surface area contributed by atoms with Gasteiger partial charge in [-0.3, -0.25) is 9.48 Å². The summed E-state index contributed by atoms with van der Waals surface area (Å²) < 4.78 is 1.60. The van der Waals surface area contributed by atoms with Crippen molar-refractivity contribution in [3.05, 3.63) is 28.9 Å². The van der Waals surface area contributed by atoms with E-state index in [1.54, 1.807) is 36.9 Å². The molecule has 0 amide bonds. The molecule has 0 saturated heterocycles. The van der Waals surface area contributed by atoms with Crippen molar-refractivity contribution in [1.82, 2.24) is 9.78 Å². The molecule has 1 unspecified atom stereocenters. The fourth-order valence-corrected chi connectivity index (χ4v) is 1.99. The first-order valence-corrected chi connectivity index (χ1v) is 5.23. The number of aromatic nitrogens is 2. The normalized spacial score (nSPS) is 12.9. The number of hydrogen-bond donors (Lipinski definition) is 1. The van der Waals surface area contributed by atoms with Gasteiger partial charge >= 0.3 is 5.97 Å². The molecule has 2 rings (SSSR count). The van der Waals surface area contributed by atoms with Crippen molar-refractivity contribution in [2.45, 2.75) is 12.8 Å². The Bertz CT molecular complexity index is 562. The number of aryl methyl sites for hydroxylation is 1. The molecule has 0 aliphatic heterocycles. The second-order valence-electron chi connectivity index (χ2n) is 3.73. The first-order chi connectivity index (χ1) is 7.50. The summed E-state index contributed by atoms with van der Waals surface area (Å²) in [5.74, 6) is -1.47. The van der Waals surface area contributed by atoms with Crippen molar-refractivity contribution >= 4 is 28.5 Å². The van der Waals surface area contributed by atoms with Gasteiger partial charge in [0, 0.05) is 17.5 Å². The Morgan fingerprint density at radius 2 is 2.25 bits per heavy atom. The van der Waals surface area contributed by atoms with E-state index in [-0.39, 0.29) is 0 Å². The number of benzene rings is 1. The van der Waals surface area contributed by atoms with Crippen LogP contribution in [0.15, 0.2) is 18.2 Å². The number of carbonyl (C=O) groups is 1. The maximum absolute atomic E-state index is 11.0. The van der Waals surface area contributed by atoms with Gasteiger partial charge < -0.3 is 5.11 Å². The van der Waals surface area contributed by atoms with Gasteiger partial charge in [-0.15, -0.1) is 0 Å². The Balaban J connectivity index is 2.72. The van der Waals surface area contributed by atoms with E-state index in [0.717, 1.165) is 10.9 Å². The monoisotopic (exact) mass is 238 g/mol. The topological polar surface area (TPSA) is 55.1 Å². The minimum Gasteiger partial charge on any atom is -0.481 e. The van der Waals surface area contributed by atoms with Gasteiger partial charge in [0.2, 0.25) is 0 Å². The molecular weight excluding hydrogens is 228 g/mol. The molecule has 0 aliphatic carbocycles. The summed E-state index contributed by atoms with van der Waals surface area (Å²) in [7, 11) is 1.74. The van der Waals surface area contributed by atoms with Gasteiger partial charge in [-0.1, -0.05) is 11.6 Å². The molecule has 1 atom stereocenters. The highest BCUT2D eigenvalue weighted by molar-refractivity contribution is 6.31. The lowest BCUT2D eigenvalue weighted by Crippen LogP contribution is -2.12. The summed E-state index contributed by atoms with van der Waals surface area (Å²) in [6.07, 6.45) is 0. The minimum atomic E-state index is -0.870. The summed E-state index contributed by atoms with van der Waals surface area (Å²) >= 11 is 5.90. The van der Waals surface area contributed by atoms with E-state index < -0.39 is 11.9 Å². The number of nitrogens with zero attached hydrogens (tertiary/aromatic N) is 2. The van der Waals surface area contributed by atoms with Crippen LogP contribution < -0.4 is 0 Å². The Kier molecular flexibility index (Phi) is 2.59. The van der Waals surface area contributed by atoms with Crippen molar-refractivity contribution in [1.29, 1.82) is 0 Å². The van der Waals surface area contributed by atoms with Crippen LogP contribution in [0.5, 0.6) is 0 Å². The van der Waals surface area contributed by atoms with Crippen molar-refractivity contribution in [3.63, 3.8) is 0 Å².